The number of ether oxygens (including phenoxy) is 1. The van der Waals surface area contributed by atoms with E-state index in [4.69, 9.17) is 10.5 Å². The minimum absolute atomic E-state index is 0.411. The predicted octanol–water partition coefficient (Wildman–Crippen LogP) is 4.13. The van der Waals surface area contributed by atoms with Crippen molar-refractivity contribution in [2.24, 2.45) is 11.7 Å². The first-order valence-corrected chi connectivity index (χ1v) is 8.00. The summed E-state index contributed by atoms with van der Waals surface area (Å²) in [6, 6.07) is 14.6. The summed E-state index contributed by atoms with van der Waals surface area (Å²) in [5.74, 6) is 1.34. The normalized spacial score (nSPS) is 12.2. The fourth-order valence-electron chi connectivity index (χ4n) is 2.61. The third-order valence-corrected chi connectivity index (χ3v) is 4.35. The van der Waals surface area contributed by atoms with Crippen LogP contribution in [0.15, 0.2) is 46.9 Å². The molecule has 2 nitrogen and oxygen atoms in total. The average Bonchev–Trinajstić information content (AvgIpc) is 2.49. The maximum absolute atomic E-state index is 6.00. The van der Waals surface area contributed by atoms with Gasteiger partial charge in [0, 0.05) is 4.47 Å². The second-order valence-corrected chi connectivity index (χ2v) is 6.31. The van der Waals surface area contributed by atoms with Gasteiger partial charge < -0.3 is 10.5 Å². The van der Waals surface area contributed by atoms with Crippen molar-refractivity contribution in [3.63, 3.8) is 0 Å². The zero-order valence-corrected chi connectivity index (χ0v) is 14.2. The Morgan fingerprint density at radius 1 is 1.10 bits per heavy atom. The third-order valence-electron chi connectivity index (χ3n) is 3.85. The Kier molecular flexibility index (Phi) is 5.83. The molecule has 0 radical (unpaired) electrons. The van der Waals surface area contributed by atoms with Crippen molar-refractivity contribution in [2.75, 3.05) is 13.7 Å². The summed E-state index contributed by atoms with van der Waals surface area (Å²) in [5, 5.41) is 0. The molecule has 2 aromatic carbocycles. The van der Waals surface area contributed by atoms with Crippen molar-refractivity contribution < 1.29 is 4.74 Å². The van der Waals surface area contributed by atoms with E-state index in [0.717, 1.165) is 23.1 Å². The first-order chi connectivity index (χ1) is 10.1. The number of rotatable bonds is 6. The molecule has 0 amide bonds. The Morgan fingerprint density at radius 2 is 1.81 bits per heavy atom. The minimum atomic E-state index is 0.411. The molecule has 21 heavy (non-hydrogen) atoms. The largest absolute Gasteiger partial charge is 0.496 e. The standard InChI is InChI=1S/C18H22BrNO/c1-13-5-3-4-6-15(13)9-14(12-20)10-16-11-17(19)7-8-18(16)21-2/h3-8,11,14H,9-10,12,20H2,1-2H3. The maximum Gasteiger partial charge on any atom is 0.122 e. The first kappa shape index (κ1) is 16.1. The zero-order chi connectivity index (χ0) is 15.2. The lowest BCUT2D eigenvalue weighted by molar-refractivity contribution is 0.403. The van der Waals surface area contributed by atoms with E-state index in [1.54, 1.807) is 7.11 Å². The highest BCUT2D eigenvalue weighted by Crippen LogP contribution is 2.26. The number of methoxy groups -OCH3 is 1. The van der Waals surface area contributed by atoms with Gasteiger partial charge >= 0.3 is 0 Å². The van der Waals surface area contributed by atoms with Gasteiger partial charge in [0.25, 0.3) is 0 Å². The highest BCUT2D eigenvalue weighted by atomic mass is 79.9. The van der Waals surface area contributed by atoms with E-state index < -0.39 is 0 Å². The van der Waals surface area contributed by atoms with Gasteiger partial charge in [-0.1, -0.05) is 40.2 Å². The van der Waals surface area contributed by atoms with Gasteiger partial charge in [-0.2, -0.15) is 0 Å². The lowest BCUT2D eigenvalue weighted by Crippen LogP contribution is -2.20. The molecule has 0 aliphatic rings. The predicted molar refractivity (Wildman–Crippen MR) is 91.8 cm³/mol. The maximum atomic E-state index is 6.00. The summed E-state index contributed by atoms with van der Waals surface area (Å²) in [7, 11) is 1.71. The van der Waals surface area contributed by atoms with E-state index in [1.807, 2.05) is 12.1 Å². The molecule has 3 heteroatoms. The van der Waals surface area contributed by atoms with Gasteiger partial charge in [0.15, 0.2) is 0 Å². The van der Waals surface area contributed by atoms with Crippen molar-refractivity contribution in [3.8, 4) is 5.75 Å². The van der Waals surface area contributed by atoms with Crippen LogP contribution in [0.1, 0.15) is 16.7 Å². The number of hydrogen-bond acceptors (Lipinski definition) is 2. The highest BCUT2D eigenvalue weighted by Gasteiger charge is 2.13. The van der Waals surface area contributed by atoms with Crippen molar-refractivity contribution in [2.45, 2.75) is 19.8 Å². The molecular weight excluding hydrogens is 326 g/mol. The molecule has 2 aromatic rings. The first-order valence-electron chi connectivity index (χ1n) is 7.21. The van der Waals surface area contributed by atoms with E-state index in [9.17, 15) is 0 Å². The molecule has 0 aliphatic heterocycles. The second-order valence-electron chi connectivity index (χ2n) is 5.39. The summed E-state index contributed by atoms with van der Waals surface area (Å²) in [6.07, 6.45) is 1.92. The number of halogens is 1. The zero-order valence-electron chi connectivity index (χ0n) is 12.6. The highest BCUT2D eigenvalue weighted by molar-refractivity contribution is 9.10. The van der Waals surface area contributed by atoms with Gasteiger partial charge in [-0.25, -0.2) is 0 Å². The van der Waals surface area contributed by atoms with E-state index in [2.05, 4.69) is 53.2 Å². The summed E-state index contributed by atoms with van der Waals surface area (Å²) in [4.78, 5) is 0. The number of nitrogens with two attached hydrogens (primary N) is 1. The van der Waals surface area contributed by atoms with Crippen LogP contribution in [0.3, 0.4) is 0 Å². The number of aryl methyl sites for hydroxylation is 1. The fraction of sp³-hybridized carbons (Fsp3) is 0.333. The van der Waals surface area contributed by atoms with Crippen LogP contribution in [-0.2, 0) is 12.8 Å². The quantitative estimate of drug-likeness (QED) is 0.852. The van der Waals surface area contributed by atoms with Gasteiger partial charge in [-0.05, 0) is 67.1 Å². The van der Waals surface area contributed by atoms with Gasteiger partial charge in [0.2, 0.25) is 0 Å². The molecule has 2 rings (SSSR count). The monoisotopic (exact) mass is 347 g/mol. The molecule has 112 valence electrons. The van der Waals surface area contributed by atoms with Crippen LogP contribution < -0.4 is 10.5 Å². The van der Waals surface area contributed by atoms with Gasteiger partial charge in [-0.3, -0.25) is 0 Å². The molecule has 0 saturated heterocycles. The van der Waals surface area contributed by atoms with Crippen LogP contribution in [0.2, 0.25) is 0 Å². The van der Waals surface area contributed by atoms with Crippen LogP contribution in [0, 0.1) is 12.8 Å². The fourth-order valence-corrected chi connectivity index (χ4v) is 3.02. The van der Waals surface area contributed by atoms with Crippen molar-refractivity contribution in [3.05, 3.63) is 63.6 Å². The summed E-state index contributed by atoms with van der Waals surface area (Å²) in [5.41, 5.74) is 9.91. The molecule has 0 aromatic heterocycles. The van der Waals surface area contributed by atoms with Crippen LogP contribution in [0.25, 0.3) is 0 Å². The Labute approximate surface area is 135 Å². The second kappa shape index (κ2) is 7.62. The Hall–Kier alpha value is -1.32. The van der Waals surface area contributed by atoms with Gasteiger partial charge in [0.1, 0.15) is 5.75 Å². The molecule has 0 aliphatic carbocycles. The summed E-state index contributed by atoms with van der Waals surface area (Å²) >= 11 is 3.53. The van der Waals surface area contributed by atoms with Crippen molar-refractivity contribution in [1.82, 2.24) is 0 Å². The summed E-state index contributed by atoms with van der Waals surface area (Å²) < 4.78 is 6.53. The van der Waals surface area contributed by atoms with Gasteiger partial charge in [0.05, 0.1) is 7.11 Å². The Bertz CT molecular complexity index is 598. The van der Waals surface area contributed by atoms with Crippen LogP contribution >= 0.6 is 15.9 Å². The third kappa shape index (κ3) is 4.32. The van der Waals surface area contributed by atoms with Crippen molar-refractivity contribution in [1.29, 1.82) is 0 Å². The van der Waals surface area contributed by atoms with Crippen LogP contribution in [0.4, 0.5) is 0 Å². The molecule has 0 saturated carbocycles. The lowest BCUT2D eigenvalue weighted by atomic mass is 9.90. The topological polar surface area (TPSA) is 35.2 Å². The van der Waals surface area contributed by atoms with E-state index in [0.29, 0.717) is 12.5 Å². The molecule has 1 unspecified atom stereocenters. The molecular formula is C18H22BrNO. The van der Waals surface area contributed by atoms with Crippen LogP contribution in [0.5, 0.6) is 5.75 Å². The van der Waals surface area contributed by atoms with E-state index in [-0.39, 0.29) is 0 Å². The Morgan fingerprint density at radius 3 is 2.48 bits per heavy atom. The van der Waals surface area contributed by atoms with Gasteiger partial charge in [-0.15, -0.1) is 0 Å². The Balaban J connectivity index is 2.16. The molecule has 0 spiro atoms. The SMILES string of the molecule is COc1ccc(Br)cc1CC(CN)Cc1ccccc1C. The molecule has 0 bridgehead atoms. The molecule has 2 N–H and O–H groups in total. The smallest absolute Gasteiger partial charge is 0.122 e. The number of hydrogen-bond donors (Lipinski definition) is 1. The van der Waals surface area contributed by atoms with Crippen LogP contribution in [-0.4, -0.2) is 13.7 Å². The van der Waals surface area contributed by atoms with E-state index in [1.165, 1.54) is 16.7 Å². The number of benzene rings is 2. The molecule has 0 fully saturated rings. The van der Waals surface area contributed by atoms with E-state index >= 15 is 0 Å². The van der Waals surface area contributed by atoms with Crippen molar-refractivity contribution >= 4 is 15.9 Å². The average molecular weight is 348 g/mol. The molecule has 0 heterocycles. The summed E-state index contributed by atoms with van der Waals surface area (Å²) in [6.45, 7) is 2.83. The lowest BCUT2D eigenvalue weighted by Gasteiger charge is -2.18. The molecule has 1 atom stereocenters. The minimum Gasteiger partial charge on any atom is -0.496 e.